The summed E-state index contributed by atoms with van der Waals surface area (Å²) in [5.41, 5.74) is 0. The lowest BCUT2D eigenvalue weighted by atomic mass is 10.4. The van der Waals surface area contributed by atoms with Crippen molar-refractivity contribution in [1.29, 1.82) is 0 Å². The Balaban J connectivity index is 2.33. The first-order valence-electron chi connectivity index (χ1n) is 4.88. The van der Waals surface area contributed by atoms with Crippen LogP contribution in [0.4, 0.5) is 5.82 Å². The van der Waals surface area contributed by atoms with Gasteiger partial charge in [-0.2, -0.15) is 0 Å². The molecule has 18 heavy (non-hydrogen) atoms. The van der Waals surface area contributed by atoms with Gasteiger partial charge in [0, 0.05) is 10.7 Å². The SMILES string of the molecule is O=S(=O)(Nc1ncccc1Cl)c1ccc(Br)cc1. The molecule has 0 radical (unpaired) electrons. The van der Waals surface area contributed by atoms with Crippen molar-refractivity contribution in [3.8, 4) is 0 Å². The average Bonchev–Trinajstić information content (AvgIpc) is 2.32. The monoisotopic (exact) mass is 346 g/mol. The number of hydrogen-bond acceptors (Lipinski definition) is 3. The van der Waals surface area contributed by atoms with E-state index in [1.807, 2.05) is 0 Å². The van der Waals surface area contributed by atoms with Gasteiger partial charge in [0.2, 0.25) is 0 Å². The minimum absolute atomic E-state index is 0.113. The predicted octanol–water partition coefficient (Wildman–Crippen LogP) is 3.30. The van der Waals surface area contributed by atoms with Gasteiger partial charge in [-0.1, -0.05) is 27.5 Å². The number of sulfonamides is 1. The Hall–Kier alpha value is -1.11. The summed E-state index contributed by atoms with van der Waals surface area (Å²) < 4.78 is 27.2. The molecule has 94 valence electrons. The third-order valence-corrected chi connectivity index (χ3v) is 4.30. The number of anilines is 1. The first kappa shape index (κ1) is 13.3. The van der Waals surface area contributed by atoms with Gasteiger partial charge in [0.25, 0.3) is 10.0 Å². The molecule has 2 aromatic rings. The fourth-order valence-electron chi connectivity index (χ4n) is 1.26. The molecule has 0 aliphatic carbocycles. The van der Waals surface area contributed by atoms with Gasteiger partial charge in [0.15, 0.2) is 5.82 Å². The van der Waals surface area contributed by atoms with Crippen LogP contribution in [0.5, 0.6) is 0 Å². The molecule has 0 aliphatic heterocycles. The van der Waals surface area contributed by atoms with Crippen molar-refractivity contribution < 1.29 is 8.42 Å². The lowest BCUT2D eigenvalue weighted by Crippen LogP contribution is -2.14. The molecule has 0 unspecified atom stereocenters. The summed E-state index contributed by atoms with van der Waals surface area (Å²) in [6, 6.07) is 9.46. The third-order valence-electron chi connectivity index (χ3n) is 2.11. The molecule has 4 nitrogen and oxygen atoms in total. The van der Waals surface area contributed by atoms with E-state index in [1.165, 1.54) is 18.3 Å². The molecule has 0 atom stereocenters. The van der Waals surface area contributed by atoms with Crippen LogP contribution in [0.1, 0.15) is 0 Å². The van der Waals surface area contributed by atoms with Gasteiger partial charge >= 0.3 is 0 Å². The number of hydrogen-bond donors (Lipinski definition) is 1. The second kappa shape index (κ2) is 5.26. The number of halogens is 2. The average molecular weight is 348 g/mol. The van der Waals surface area contributed by atoms with E-state index in [0.29, 0.717) is 0 Å². The highest BCUT2D eigenvalue weighted by Gasteiger charge is 2.15. The van der Waals surface area contributed by atoms with Crippen LogP contribution in [0.25, 0.3) is 0 Å². The standard InChI is InChI=1S/C11H8BrClN2O2S/c12-8-3-5-9(6-4-8)18(16,17)15-11-10(13)2-1-7-14-11/h1-7H,(H,14,15). The molecule has 0 amide bonds. The Kier molecular flexibility index (Phi) is 3.89. The van der Waals surface area contributed by atoms with E-state index in [4.69, 9.17) is 11.6 Å². The van der Waals surface area contributed by atoms with Crippen LogP contribution in [-0.2, 0) is 10.0 Å². The Morgan fingerprint density at radius 3 is 2.44 bits per heavy atom. The second-order valence-corrected chi connectivity index (χ2v) is 6.40. The summed E-state index contributed by atoms with van der Waals surface area (Å²) in [5.74, 6) is 0.113. The van der Waals surface area contributed by atoms with Crippen LogP contribution in [0.15, 0.2) is 52.0 Å². The van der Waals surface area contributed by atoms with Gasteiger partial charge in [0.1, 0.15) is 0 Å². The molecule has 1 N–H and O–H groups in total. The van der Waals surface area contributed by atoms with Gasteiger partial charge in [-0.3, -0.25) is 4.72 Å². The zero-order chi connectivity index (χ0) is 13.2. The number of nitrogens with zero attached hydrogens (tertiary/aromatic N) is 1. The maximum atomic E-state index is 12.0. The minimum Gasteiger partial charge on any atom is -0.262 e. The predicted molar refractivity (Wildman–Crippen MR) is 74.2 cm³/mol. The highest BCUT2D eigenvalue weighted by molar-refractivity contribution is 9.10. The van der Waals surface area contributed by atoms with Crippen LogP contribution in [-0.4, -0.2) is 13.4 Å². The van der Waals surface area contributed by atoms with Gasteiger partial charge in [0.05, 0.1) is 9.92 Å². The summed E-state index contributed by atoms with van der Waals surface area (Å²) in [4.78, 5) is 4.02. The Morgan fingerprint density at radius 1 is 1.17 bits per heavy atom. The molecule has 0 aliphatic rings. The van der Waals surface area contributed by atoms with Crippen molar-refractivity contribution in [3.63, 3.8) is 0 Å². The van der Waals surface area contributed by atoms with E-state index < -0.39 is 10.0 Å². The second-order valence-electron chi connectivity index (χ2n) is 3.39. The number of pyridine rings is 1. The van der Waals surface area contributed by atoms with Gasteiger partial charge < -0.3 is 0 Å². The molecular weight excluding hydrogens is 340 g/mol. The Morgan fingerprint density at radius 2 is 1.83 bits per heavy atom. The molecule has 0 spiro atoms. The van der Waals surface area contributed by atoms with Crippen molar-refractivity contribution in [2.45, 2.75) is 4.90 Å². The maximum Gasteiger partial charge on any atom is 0.263 e. The van der Waals surface area contributed by atoms with Crippen molar-refractivity contribution in [2.75, 3.05) is 4.72 Å². The van der Waals surface area contributed by atoms with Crippen LogP contribution in [0, 0.1) is 0 Å². The Labute approximate surface area is 118 Å². The van der Waals surface area contributed by atoms with Gasteiger partial charge in [-0.25, -0.2) is 13.4 Å². The van der Waals surface area contributed by atoms with E-state index >= 15 is 0 Å². The van der Waals surface area contributed by atoms with E-state index in [-0.39, 0.29) is 15.7 Å². The molecule has 0 saturated carbocycles. The van der Waals surface area contributed by atoms with E-state index in [2.05, 4.69) is 25.6 Å². The maximum absolute atomic E-state index is 12.0. The van der Waals surface area contributed by atoms with E-state index in [9.17, 15) is 8.42 Å². The normalized spacial score (nSPS) is 11.2. The van der Waals surface area contributed by atoms with Gasteiger partial charge in [-0.15, -0.1) is 0 Å². The van der Waals surface area contributed by atoms with Crippen molar-refractivity contribution in [1.82, 2.24) is 4.98 Å². The smallest absolute Gasteiger partial charge is 0.262 e. The lowest BCUT2D eigenvalue weighted by molar-refractivity contribution is 0.601. The van der Waals surface area contributed by atoms with Crippen LogP contribution in [0.2, 0.25) is 5.02 Å². The van der Waals surface area contributed by atoms with Crippen molar-refractivity contribution >= 4 is 43.4 Å². The van der Waals surface area contributed by atoms with Gasteiger partial charge in [-0.05, 0) is 36.4 Å². The minimum atomic E-state index is -3.67. The molecule has 1 heterocycles. The highest BCUT2D eigenvalue weighted by Crippen LogP contribution is 2.22. The Bertz CT molecular complexity index is 659. The number of rotatable bonds is 3. The zero-order valence-corrected chi connectivity index (χ0v) is 12.1. The van der Waals surface area contributed by atoms with Crippen LogP contribution >= 0.6 is 27.5 Å². The highest BCUT2D eigenvalue weighted by atomic mass is 79.9. The first-order valence-corrected chi connectivity index (χ1v) is 7.53. The topological polar surface area (TPSA) is 59.1 Å². The fraction of sp³-hybridized carbons (Fsp3) is 0. The number of benzene rings is 1. The zero-order valence-electron chi connectivity index (χ0n) is 8.97. The molecule has 1 aromatic carbocycles. The largest absolute Gasteiger partial charge is 0.263 e. The summed E-state index contributed by atoms with van der Waals surface area (Å²) in [6.07, 6.45) is 1.46. The number of nitrogens with one attached hydrogen (secondary N) is 1. The fourth-order valence-corrected chi connectivity index (χ4v) is 2.78. The van der Waals surface area contributed by atoms with Crippen LogP contribution in [0.3, 0.4) is 0 Å². The molecule has 2 rings (SSSR count). The summed E-state index contributed by atoms with van der Waals surface area (Å²) in [5, 5.41) is 0.248. The third kappa shape index (κ3) is 3.01. The summed E-state index contributed by atoms with van der Waals surface area (Å²) >= 11 is 9.09. The quantitative estimate of drug-likeness (QED) is 0.927. The summed E-state index contributed by atoms with van der Waals surface area (Å²) in [6.45, 7) is 0. The molecular formula is C11H8BrClN2O2S. The molecule has 0 saturated heterocycles. The molecule has 7 heteroatoms. The lowest BCUT2D eigenvalue weighted by Gasteiger charge is -2.08. The van der Waals surface area contributed by atoms with E-state index in [1.54, 1.807) is 24.3 Å². The summed E-state index contributed by atoms with van der Waals surface area (Å²) in [7, 11) is -3.67. The van der Waals surface area contributed by atoms with Crippen molar-refractivity contribution in [2.24, 2.45) is 0 Å². The molecule has 0 bridgehead atoms. The molecule has 0 fully saturated rings. The molecule has 1 aromatic heterocycles. The van der Waals surface area contributed by atoms with E-state index in [0.717, 1.165) is 4.47 Å². The number of aromatic nitrogens is 1. The first-order chi connectivity index (χ1) is 8.49. The van der Waals surface area contributed by atoms with Crippen LogP contribution < -0.4 is 4.72 Å². The van der Waals surface area contributed by atoms with Crippen molar-refractivity contribution in [3.05, 3.63) is 52.1 Å².